The van der Waals surface area contributed by atoms with Gasteiger partial charge in [-0.25, -0.2) is 0 Å². The third-order valence-electron chi connectivity index (χ3n) is 5.55. The molecule has 0 spiro atoms. The third-order valence-corrected chi connectivity index (χ3v) is 5.55. The molecule has 1 aliphatic rings. The van der Waals surface area contributed by atoms with Crippen LogP contribution in [0.3, 0.4) is 0 Å². The molecule has 1 saturated heterocycles. The second-order valence-corrected chi connectivity index (χ2v) is 8.36. The number of aromatic nitrogens is 3. The van der Waals surface area contributed by atoms with Crippen LogP contribution in [0.4, 0.5) is 5.69 Å². The van der Waals surface area contributed by atoms with Gasteiger partial charge in [-0.3, -0.25) is 19.4 Å². The van der Waals surface area contributed by atoms with Gasteiger partial charge < -0.3 is 20.1 Å². The molecule has 3 heterocycles. The number of nitrogens with zero attached hydrogens (tertiary/aromatic N) is 4. The van der Waals surface area contributed by atoms with Gasteiger partial charge in [-0.15, -0.1) is 0 Å². The summed E-state index contributed by atoms with van der Waals surface area (Å²) < 4.78 is 5.39. The topological polar surface area (TPSA) is 130 Å². The van der Waals surface area contributed by atoms with E-state index in [0.717, 1.165) is 17.7 Å². The van der Waals surface area contributed by atoms with Crippen molar-refractivity contribution in [3.05, 3.63) is 60.2 Å². The van der Waals surface area contributed by atoms with Gasteiger partial charge in [-0.2, -0.15) is 4.98 Å². The summed E-state index contributed by atoms with van der Waals surface area (Å²) in [5.41, 5.74) is 1.93. The Labute approximate surface area is 196 Å². The normalized spacial score (nSPS) is 14.3. The largest absolute Gasteiger partial charge is 0.343 e. The highest BCUT2D eigenvalue weighted by Gasteiger charge is 2.25. The molecule has 1 unspecified atom stereocenters. The van der Waals surface area contributed by atoms with Crippen molar-refractivity contribution in [2.45, 2.75) is 32.7 Å². The number of carbonyl (C=O) groups is 3. The van der Waals surface area contributed by atoms with Gasteiger partial charge in [0.1, 0.15) is 6.04 Å². The molecule has 0 radical (unpaired) electrons. The summed E-state index contributed by atoms with van der Waals surface area (Å²) in [4.78, 5) is 47.0. The van der Waals surface area contributed by atoms with E-state index in [4.69, 9.17) is 4.52 Å². The molecular formula is C24H26N6O4. The highest BCUT2D eigenvalue weighted by Crippen LogP contribution is 2.23. The number of hydrogen-bond donors (Lipinski definition) is 2. The Morgan fingerprint density at radius 3 is 2.50 bits per heavy atom. The Morgan fingerprint density at radius 2 is 1.85 bits per heavy atom. The van der Waals surface area contributed by atoms with Crippen LogP contribution in [0.25, 0.3) is 11.4 Å². The van der Waals surface area contributed by atoms with E-state index in [-0.39, 0.29) is 36.1 Å². The fourth-order valence-electron chi connectivity index (χ4n) is 3.69. The third kappa shape index (κ3) is 5.28. The van der Waals surface area contributed by atoms with Crippen LogP contribution in [0.5, 0.6) is 0 Å². The molecule has 1 aromatic carbocycles. The lowest BCUT2D eigenvalue weighted by atomic mass is 10.0. The quantitative estimate of drug-likeness (QED) is 0.526. The molecule has 2 N–H and O–H groups in total. The number of hydrogen-bond acceptors (Lipinski definition) is 7. The molecule has 3 amide bonds. The summed E-state index contributed by atoms with van der Waals surface area (Å²) in [5, 5.41) is 9.46. The second kappa shape index (κ2) is 10.2. The van der Waals surface area contributed by atoms with Gasteiger partial charge in [0.15, 0.2) is 0 Å². The Kier molecular flexibility index (Phi) is 6.95. The van der Waals surface area contributed by atoms with Crippen molar-refractivity contribution in [2.24, 2.45) is 5.92 Å². The lowest BCUT2D eigenvalue weighted by Crippen LogP contribution is -2.40. The molecule has 4 rings (SSSR count). The monoisotopic (exact) mass is 462 g/mol. The minimum Gasteiger partial charge on any atom is -0.343 e. The van der Waals surface area contributed by atoms with Crippen LogP contribution < -0.4 is 15.5 Å². The molecule has 1 aliphatic heterocycles. The van der Waals surface area contributed by atoms with Gasteiger partial charge in [0, 0.05) is 42.2 Å². The van der Waals surface area contributed by atoms with Gasteiger partial charge in [0.05, 0.1) is 6.54 Å². The zero-order chi connectivity index (χ0) is 24.1. The van der Waals surface area contributed by atoms with E-state index in [1.165, 1.54) is 0 Å². The summed E-state index contributed by atoms with van der Waals surface area (Å²) in [6, 6.07) is 9.79. The molecule has 0 aliphatic carbocycles. The van der Waals surface area contributed by atoms with E-state index in [2.05, 4.69) is 25.8 Å². The Hall–Kier alpha value is -4.08. The number of pyridine rings is 1. The minimum absolute atomic E-state index is 0.0220. The van der Waals surface area contributed by atoms with Crippen LogP contribution in [0.1, 0.15) is 49.0 Å². The SMILES string of the molecule is CC(C)C(NC(=O)CNC(=O)c1ccc(N2CCCC2=O)cc1)c1nc(-c2ccncc2)no1. The summed E-state index contributed by atoms with van der Waals surface area (Å²) in [5.74, 6) is -0.00419. The molecule has 1 fully saturated rings. The predicted octanol–water partition coefficient (Wildman–Crippen LogP) is 2.50. The fourth-order valence-corrected chi connectivity index (χ4v) is 3.69. The lowest BCUT2D eigenvalue weighted by Gasteiger charge is -2.18. The molecule has 10 heteroatoms. The first-order chi connectivity index (χ1) is 16.4. The molecule has 2 aromatic heterocycles. The van der Waals surface area contributed by atoms with E-state index in [1.807, 2.05) is 13.8 Å². The van der Waals surface area contributed by atoms with Crippen LogP contribution in [-0.2, 0) is 9.59 Å². The number of rotatable bonds is 8. The number of carbonyl (C=O) groups excluding carboxylic acids is 3. The van der Waals surface area contributed by atoms with Crippen molar-refractivity contribution < 1.29 is 18.9 Å². The predicted molar refractivity (Wildman–Crippen MR) is 124 cm³/mol. The minimum atomic E-state index is -0.509. The number of anilines is 1. The van der Waals surface area contributed by atoms with Crippen molar-refractivity contribution in [3.8, 4) is 11.4 Å². The van der Waals surface area contributed by atoms with Crippen LogP contribution in [-0.4, -0.2) is 45.9 Å². The maximum Gasteiger partial charge on any atom is 0.251 e. The average Bonchev–Trinajstić information content (AvgIpc) is 3.51. The molecule has 3 aromatic rings. The lowest BCUT2D eigenvalue weighted by molar-refractivity contribution is -0.121. The number of nitrogens with one attached hydrogen (secondary N) is 2. The van der Waals surface area contributed by atoms with Gasteiger partial charge in [0.2, 0.25) is 23.5 Å². The molecule has 10 nitrogen and oxygen atoms in total. The maximum atomic E-state index is 12.5. The molecule has 34 heavy (non-hydrogen) atoms. The van der Waals surface area contributed by atoms with Crippen molar-refractivity contribution in [1.29, 1.82) is 0 Å². The zero-order valence-electron chi connectivity index (χ0n) is 19.0. The van der Waals surface area contributed by atoms with Gasteiger partial charge in [-0.1, -0.05) is 19.0 Å². The molecule has 0 bridgehead atoms. The summed E-state index contributed by atoms with van der Waals surface area (Å²) >= 11 is 0. The van der Waals surface area contributed by atoms with E-state index in [1.54, 1.807) is 53.7 Å². The van der Waals surface area contributed by atoms with Crippen LogP contribution in [0.15, 0.2) is 53.3 Å². The Morgan fingerprint density at radius 1 is 1.12 bits per heavy atom. The number of amides is 3. The first-order valence-corrected chi connectivity index (χ1v) is 11.1. The van der Waals surface area contributed by atoms with Gasteiger partial charge in [-0.05, 0) is 48.7 Å². The summed E-state index contributed by atoms with van der Waals surface area (Å²) in [6.07, 6.45) is 4.65. The van der Waals surface area contributed by atoms with Crippen LogP contribution >= 0.6 is 0 Å². The Balaban J connectivity index is 1.33. The summed E-state index contributed by atoms with van der Waals surface area (Å²) in [6.45, 7) is 4.32. The van der Waals surface area contributed by atoms with E-state index < -0.39 is 6.04 Å². The zero-order valence-corrected chi connectivity index (χ0v) is 19.0. The van der Waals surface area contributed by atoms with Crippen molar-refractivity contribution >= 4 is 23.4 Å². The van der Waals surface area contributed by atoms with E-state index in [9.17, 15) is 14.4 Å². The van der Waals surface area contributed by atoms with Crippen molar-refractivity contribution in [3.63, 3.8) is 0 Å². The van der Waals surface area contributed by atoms with Crippen molar-refractivity contribution in [1.82, 2.24) is 25.8 Å². The van der Waals surface area contributed by atoms with E-state index in [0.29, 0.717) is 24.4 Å². The Bertz CT molecular complexity index is 1160. The molecule has 176 valence electrons. The molecule has 0 saturated carbocycles. The molecule has 1 atom stereocenters. The van der Waals surface area contributed by atoms with E-state index >= 15 is 0 Å². The smallest absolute Gasteiger partial charge is 0.251 e. The fraction of sp³-hybridized carbons (Fsp3) is 0.333. The van der Waals surface area contributed by atoms with Crippen LogP contribution in [0, 0.1) is 5.92 Å². The van der Waals surface area contributed by atoms with Gasteiger partial charge >= 0.3 is 0 Å². The van der Waals surface area contributed by atoms with Gasteiger partial charge in [0.25, 0.3) is 5.91 Å². The highest BCUT2D eigenvalue weighted by molar-refractivity contribution is 5.98. The first-order valence-electron chi connectivity index (χ1n) is 11.1. The highest BCUT2D eigenvalue weighted by atomic mass is 16.5. The number of benzene rings is 1. The first kappa shape index (κ1) is 23.1. The average molecular weight is 463 g/mol. The summed E-state index contributed by atoms with van der Waals surface area (Å²) in [7, 11) is 0. The van der Waals surface area contributed by atoms with Crippen LogP contribution in [0.2, 0.25) is 0 Å². The standard InChI is InChI=1S/C24H26N6O4/c1-15(2)21(24-28-22(29-34-24)16-9-11-25-12-10-16)27-19(31)14-26-23(33)17-5-7-18(8-6-17)30-13-3-4-20(30)32/h5-12,15,21H,3-4,13-14H2,1-2H3,(H,26,33)(H,27,31). The second-order valence-electron chi connectivity index (χ2n) is 8.36. The van der Waals surface area contributed by atoms with Crippen molar-refractivity contribution in [2.75, 3.05) is 18.0 Å². The maximum absolute atomic E-state index is 12.5. The molecular weight excluding hydrogens is 436 g/mol.